The highest BCUT2D eigenvalue weighted by molar-refractivity contribution is 5.86. The summed E-state index contributed by atoms with van der Waals surface area (Å²) in [6.07, 6.45) is -4.44. The molecule has 0 saturated carbocycles. The van der Waals surface area contributed by atoms with Crippen molar-refractivity contribution in [2.75, 3.05) is 31.6 Å². The molecule has 1 aliphatic heterocycles. The first-order valence-corrected chi connectivity index (χ1v) is 6.30. The van der Waals surface area contributed by atoms with E-state index in [0.29, 0.717) is 19.6 Å². The number of anilines is 1. The van der Waals surface area contributed by atoms with E-state index < -0.39 is 17.8 Å². The maximum atomic E-state index is 13.1. The van der Waals surface area contributed by atoms with E-state index in [4.69, 9.17) is 0 Å². The van der Waals surface area contributed by atoms with Crippen LogP contribution in [-0.4, -0.2) is 38.6 Å². The van der Waals surface area contributed by atoms with E-state index in [9.17, 15) is 18.0 Å². The van der Waals surface area contributed by atoms with Crippen LogP contribution in [0.15, 0.2) is 24.3 Å². The van der Waals surface area contributed by atoms with Crippen molar-refractivity contribution in [3.05, 3.63) is 29.8 Å². The molecule has 1 heterocycles. The lowest BCUT2D eigenvalue weighted by atomic mass is 10.1. The second kappa shape index (κ2) is 5.70. The van der Waals surface area contributed by atoms with Gasteiger partial charge in [0.25, 0.3) is 0 Å². The zero-order valence-corrected chi connectivity index (χ0v) is 11.0. The molecule has 110 valence electrons. The Bertz CT molecular complexity index is 490. The van der Waals surface area contributed by atoms with Gasteiger partial charge < -0.3 is 15.5 Å². The van der Waals surface area contributed by atoms with E-state index in [1.807, 2.05) is 0 Å². The quantitative estimate of drug-likeness (QED) is 0.860. The average molecular weight is 287 g/mol. The molecule has 2 rings (SSSR count). The fraction of sp³-hybridized carbons (Fsp3) is 0.462. The fourth-order valence-corrected chi connectivity index (χ4v) is 2.36. The highest BCUT2D eigenvalue weighted by atomic mass is 19.4. The Morgan fingerprint density at radius 3 is 2.75 bits per heavy atom. The van der Waals surface area contributed by atoms with Crippen LogP contribution in [0, 0.1) is 0 Å². The Morgan fingerprint density at radius 2 is 2.10 bits per heavy atom. The molecular weight excluding hydrogens is 271 g/mol. The van der Waals surface area contributed by atoms with Gasteiger partial charge in [0.05, 0.1) is 5.56 Å². The number of benzene rings is 1. The third kappa shape index (κ3) is 2.87. The van der Waals surface area contributed by atoms with Gasteiger partial charge in [0.1, 0.15) is 6.04 Å². The number of piperazine rings is 1. The minimum Gasteiger partial charge on any atom is -0.357 e. The SMILES string of the molecule is CNC(=O)C1CNCCN1c1ccccc1C(F)(F)F. The Labute approximate surface area is 114 Å². The molecule has 1 atom stereocenters. The molecule has 0 aliphatic carbocycles. The predicted octanol–water partition coefficient (Wildman–Crippen LogP) is 1.23. The molecule has 4 nitrogen and oxygen atoms in total. The normalized spacial score (nSPS) is 19.8. The van der Waals surface area contributed by atoms with Crippen LogP contribution in [0.1, 0.15) is 5.56 Å². The molecule has 1 amide bonds. The van der Waals surface area contributed by atoms with Crippen LogP contribution in [-0.2, 0) is 11.0 Å². The Kier molecular flexibility index (Phi) is 4.17. The van der Waals surface area contributed by atoms with Gasteiger partial charge in [0.15, 0.2) is 0 Å². The number of alkyl halides is 3. The zero-order valence-electron chi connectivity index (χ0n) is 11.0. The molecule has 1 aromatic rings. The molecule has 7 heteroatoms. The lowest BCUT2D eigenvalue weighted by Gasteiger charge is -2.37. The van der Waals surface area contributed by atoms with Gasteiger partial charge in [-0.2, -0.15) is 13.2 Å². The summed E-state index contributed by atoms with van der Waals surface area (Å²) in [6.45, 7) is 1.22. The monoisotopic (exact) mass is 287 g/mol. The third-order valence-electron chi connectivity index (χ3n) is 3.31. The number of nitrogens with zero attached hydrogens (tertiary/aromatic N) is 1. The summed E-state index contributed by atoms with van der Waals surface area (Å²) in [6, 6.07) is 4.71. The van der Waals surface area contributed by atoms with Crippen molar-refractivity contribution in [3.63, 3.8) is 0 Å². The van der Waals surface area contributed by atoms with E-state index in [1.54, 1.807) is 6.07 Å². The van der Waals surface area contributed by atoms with Crippen molar-refractivity contribution in [1.29, 1.82) is 0 Å². The van der Waals surface area contributed by atoms with Crippen molar-refractivity contribution in [3.8, 4) is 0 Å². The summed E-state index contributed by atoms with van der Waals surface area (Å²) in [5.74, 6) is -0.297. The topological polar surface area (TPSA) is 44.4 Å². The minimum absolute atomic E-state index is 0.0510. The number of para-hydroxylation sites is 1. The molecule has 1 fully saturated rings. The number of hydrogen-bond donors (Lipinski definition) is 2. The first kappa shape index (κ1) is 14.6. The van der Waals surface area contributed by atoms with Gasteiger partial charge in [-0.15, -0.1) is 0 Å². The van der Waals surface area contributed by atoms with Gasteiger partial charge in [0, 0.05) is 32.4 Å². The van der Waals surface area contributed by atoms with Crippen LogP contribution in [0.25, 0.3) is 0 Å². The van der Waals surface area contributed by atoms with Crippen molar-refractivity contribution < 1.29 is 18.0 Å². The van der Waals surface area contributed by atoms with Crippen molar-refractivity contribution in [2.24, 2.45) is 0 Å². The molecule has 20 heavy (non-hydrogen) atoms. The van der Waals surface area contributed by atoms with Crippen molar-refractivity contribution in [1.82, 2.24) is 10.6 Å². The number of likely N-dealkylation sites (N-methyl/N-ethyl adjacent to an activating group) is 1. The Morgan fingerprint density at radius 1 is 1.40 bits per heavy atom. The third-order valence-corrected chi connectivity index (χ3v) is 3.31. The smallest absolute Gasteiger partial charge is 0.357 e. The summed E-state index contributed by atoms with van der Waals surface area (Å²) in [5.41, 5.74) is -0.661. The van der Waals surface area contributed by atoms with Crippen LogP contribution < -0.4 is 15.5 Å². The molecule has 0 radical (unpaired) electrons. The molecule has 1 unspecified atom stereocenters. The van der Waals surface area contributed by atoms with Crippen LogP contribution in [0.2, 0.25) is 0 Å². The molecule has 0 aromatic heterocycles. The summed E-state index contributed by atoms with van der Waals surface area (Å²) in [4.78, 5) is 13.3. The van der Waals surface area contributed by atoms with Gasteiger partial charge in [0.2, 0.25) is 5.91 Å². The number of halogens is 3. The lowest BCUT2D eigenvalue weighted by Crippen LogP contribution is -2.58. The summed E-state index contributed by atoms with van der Waals surface area (Å²) < 4.78 is 39.2. The van der Waals surface area contributed by atoms with Crippen LogP contribution in [0.4, 0.5) is 18.9 Å². The Balaban J connectivity index is 2.40. The molecule has 0 spiro atoms. The number of amides is 1. The number of carbonyl (C=O) groups excluding carboxylic acids is 1. The average Bonchev–Trinajstić information content (AvgIpc) is 2.45. The van der Waals surface area contributed by atoms with Gasteiger partial charge in [-0.1, -0.05) is 12.1 Å². The van der Waals surface area contributed by atoms with Crippen LogP contribution in [0.3, 0.4) is 0 Å². The van der Waals surface area contributed by atoms with E-state index in [2.05, 4.69) is 10.6 Å². The molecule has 0 bridgehead atoms. The highest BCUT2D eigenvalue weighted by Crippen LogP contribution is 2.37. The second-order valence-electron chi connectivity index (χ2n) is 4.54. The van der Waals surface area contributed by atoms with Crippen LogP contribution >= 0.6 is 0 Å². The number of carbonyl (C=O) groups is 1. The number of rotatable bonds is 2. The van der Waals surface area contributed by atoms with E-state index in [1.165, 1.54) is 24.1 Å². The largest absolute Gasteiger partial charge is 0.418 e. The highest BCUT2D eigenvalue weighted by Gasteiger charge is 2.37. The molecule has 2 N–H and O–H groups in total. The van der Waals surface area contributed by atoms with E-state index in [-0.39, 0.29) is 11.6 Å². The maximum absolute atomic E-state index is 13.1. The molecule has 1 aliphatic rings. The van der Waals surface area contributed by atoms with Gasteiger partial charge in [-0.25, -0.2) is 0 Å². The molecule has 1 aromatic carbocycles. The van der Waals surface area contributed by atoms with Gasteiger partial charge in [-0.05, 0) is 12.1 Å². The first-order valence-electron chi connectivity index (χ1n) is 6.30. The number of nitrogens with one attached hydrogen (secondary N) is 2. The summed E-state index contributed by atoms with van der Waals surface area (Å²) >= 11 is 0. The van der Waals surface area contributed by atoms with Gasteiger partial charge >= 0.3 is 6.18 Å². The predicted molar refractivity (Wildman–Crippen MR) is 69.5 cm³/mol. The van der Waals surface area contributed by atoms with Gasteiger partial charge in [-0.3, -0.25) is 4.79 Å². The maximum Gasteiger partial charge on any atom is 0.418 e. The Hall–Kier alpha value is -1.76. The molecular formula is C13H16F3N3O. The minimum atomic E-state index is -4.44. The zero-order chi connectivity index (χ0) is 14.8. The first-order chi connectivity index (χ1) is 9.45. The summed E-state index contributed by atoms with van der Waals surface area (Å²) in [7, 11) is 1.48. The molecule has 1 saturated heterocycles. The van der Waals surface area contributed by atoms with Crippen LogP contribution in [0.5, 0.6) is 0 Å². The second-order valence-corrected chi connectivity index (χ2v) is 4.54. The fourth-order valence-electron chi connectivity index (χ4n) is 2.36. The van der Waals surface area contributed by atoms with Crippen molar-refractivity contribution in [2.45, 2.75) is 12.2 Å². The van der Waals surface area contributed by atoms with E-state index in [0.717, 1.165) is 6.07 Å². The van der Waals surface area contributed by atoms with E-state index >= 15 is 0 Å². The van der Waals surface area contributed by atoms with Crippen molar-refractivity contribution >= 4 is 11.6 Å². The standard InChI is InChI=1S/C13H16F3N3O/c1-17-12(20)11-8-18-6-7-19(11)10-5-3-2-4-9(10)13(14,15)16/h2-5,11,18H,6-8H2,1H3,(H,17,20). The number of hydrogen-bond acceptors (Lipinski definition) is 3. The lowest BCUT2D eigenvalue weighted by molar-refractivity contribution is -0.137. The summed E-state index contributed by atoms with van der Waals surface area (Å²) in [5, 5.41) is 5.52.